The molecule has 2 aromatic carbocycles. The van der Waals surface area contributed by atoms with Gasteiger partial charge < -0.3 is 14.8 Å². The summed E-state index contributed by atoms with van der Waals surface area (Å²) in [7, 11) is 3.18. The topological polar surface area (TPSA) is 71.3 Å². The monoisotopic (exact) mass is 356 g/mol. The van der Waals surface area contributed by atoms with E-state index < -0.39 is 0 Å². The van der Waals surface area contributed by atoms with E-state index in [1.54, 1.807) is 26.4 Å². The Balaban J connectivity index is 1.99. The lowest BCUT2D eigenvalue weighted by Gasteiger charge is -2.14. The Morgan fingerprint density at radius 3 is 2.44 bits per heavy atom. The van der Waals surface area contributed by atoms with E-state index in [1.165, 1.54) is 0 Å². The minimum absolute atomic E-state index is 0.0597. The van der Waals surface area contributed by atoms with Gasteiger partial charge in [-0.1, -0.05) is 13.0 Å². The van der Waals surface area contributed by atoms with Crippen LogP contribution in [0.3, 0.4) is 0 Å². The van der Waals surface area contributed by atoms with Gasteiger partial charge >= 0.3 is 0 Å². The summed E-state index contributed by atoms with van der Waals surface area (Å²) in [6.07, 6.45) is 0.592. The van der Waals surface area contributed by atoms with Gasteiger partial charge in [0.05, 0.1) is 14.2 Å². The number of nitriles is 1. The van der Waals surface area contributed by atoms with Crippen LogP contribution in [-0.4, -0.2) is 20.1 Å². The molecule has 0 spiro atoms. The number of carbonyl (C=O) groups excluding carboxylic acids is 1. The second kappa shape index (κ2) is 9.00. The summed E-state index contributed by atoms with van der Waals surface area (Å²) in [6, 6.07) is 12.9. The molecule has 1 amide bonds. The van der Waals surface area contributed by atoms with E-state index in [4.69, 9.17) is 14.7 Å². The van der Waals surface area contributed by atoms with Gasteiger partial charge in [-0.15, -0.1) is 0 Å². The van der Waals surface area contributed by atoms with Crippen molar-refractivity contribution in [2.24, 2.45) is 5.92 Å². The van der Waals surface area contributed by atoms with Gasteiger partial charge in [-0.05, 0) is 60.1 Å². The number of thioether (sulfide) groups is 1. The van der Waals surface area contributed by atoms with Crippen LogP contribution in [0.4, 0.5) is 5.69 Å². The highest BCUT2D eigenvalue weighted by molar-refractivity contribution is 8.03. The summed E-state index contributed by atoms with van der Waals surface area (Å²) in [5.74, 6) is 1.05. The second-order valence-corrected chi connectivity index (χ2v) is 6.36. The van der Waals surface area contributed by atoms with Gasteiger partial charge in [0.1, 0.15) is 5.40 Å². The van der Waals surface area contributed by atoms with Crippen LogP contribution >= 0.6 is 11.8 Å². The van der Waals surface area contributed by atoms with Crippen LogP contribution in [0, 0.1) is 16.6 Å². The molecule has 6 heteroatoms. The first-order valence-electron chi connectivity index (χ1n) is 7.75. The van der Waals surface area contributed by atoms with Crippen LogP contribution in [0.25, 0.3) is 0 Å². The molecule has 25 heavy (non-hydrogen) atoms. The number of hydrogen-bond donors (Lipinski definition) is 1. The number of nitrogens with one attached hydrogen (secondary N) is 1. The Hall–Kier alpha value is -2.65. The van der Waals surface area contributed by atoms with Crippen molar-refractivity contribution in [3.63, 3.8) is 0 Å². The van der Waals surface area contributed by atoms with Crippen molar-refractivity contribution >= 4 is 23.4 Å². The molecule has 0 aliphatic carbocycles. The summed E-state index contributed by atoms with van der Waals surface area (Å²) in [5, 5.41) is 13.6. The van der Waals surface area contributed by atoms with E-state index in [2.05, 4.69) is 5.32 Å². The van der Waals surface area contributed by atoms with Gasteiger partial charge in [0.2, 0.25) is 5.91 Å². The fraction of sp³-hybridized carbons (Fsp3) is 0.263. The lowest BCUT2D eigenvalue weighted by atomic mass is 10.00. The largest absolute Gasteiger partial charge is 0.493 e. The number of anilines is 1. The Bertz CT molecular complexity index is 769. The van der Waals surface area contributed by atoms with Crippen LogP contribution < -0.4 is 14.8 Å². The molecule has 0 saturated carbocycles. The summed E-state index contributed by atoms with van der Waals surface area (Å²) < 4.78 is 10.5. The van der Waals surface area contributed by atoms with E-state index in [0.29, 0.717) is 23.6 Å². The van der Waals surface area contributed by atoms with Crippen molar-refractivity contribution in [1.29, 1.82) is 5.26 Å². The summed E-state index contributed by atoms with van der Waals surface area (Å²) in [6.45, 7) is 1.88. The number of nitrogens with zero attached hydrogens (tertiary/aromatic N) is 1. The standard InChI is InChI=1S/C19H20N2O3S/c1-13(10-14-4-9-17(23-2)18(11-14)24-3)19(22)21-15-5-7-16(8-6-15)25-12-20/h4-9,11,13H,10H2,1-3H3,(H,21,22). The zero-order chi connectivity index (χ0) is 18.2. The van der Waals surface area contributed by atoms with Crippen molar-refractivity contribution < 1.29 is 14.3 Å². The fourth-order valence-corrected chi connectivity index (χ4v) is 2.76. The Kier molecular flexibility index (Phi) is 6.72. The maximum atomic E-state index is 12.4. The molecule has 130 valence electrons. The Labute approximate surface area is 151 Å². The number of hydrogen-bond acceptors (Lipinski definition) is 5. The van der Waals surface area contributed by atoms with Gasteiger partial charge in [0.25, 0.3) is 0 Å². The summed E-state index contributed by atoms with van der Waals surface area (Å²) >= 11 is 1.09. The lowest BCUT2D eigenvalue weighted by molar-refractivity contribution is -0.119. The smallest absolute Gasteiger partial charge is 0.227 e. The molecule has 0 aliphatic rings. The predicted molar refractivity (Wildman–Crippen MR) is 99.0 cm³/mol. The van der Waals surface area contributed by atoms with Crippen LogP contribution in [0.1, 0.15) is 12.5 Å². The van der Waals surface area contributed by atoms with Crippen molar-refractivity contribution in [2.75, 3.05) is 19.5 Å². The maximum Gasteiger partial charge on any atom is 0.227 e. The Morgan fingerprint density at radius 1 is 1.16 bits per heavy atom. The van der Waals surface area contributed by atoms with Crippen molar-refractivity contribution in [3.05, 3.63) is 48.0 Å². The molecule has 1 unspecified atom stereocenters. The normalized spacial score (nSPS) is 11.3. The molecule has 1 atom stereocenters. The molecule has 0 heterocycles. The molecular formula is C19H20N2O3S. The van der Waals surface area contributed by atoms with Crippen LogP contribution in [0.15, 0.2) is 47.4 Å². The van der Waals surface area contributed by atoms with Crippen LogP contribution in [0.5, 0.6) is 11.5 Å². The van der Waals surface area contributed by atoms with Gasteiger partial charge in [0.15, 0.2) is 11.5 Å². The molecule has 0 aliphatic heterocycles. The van der Waals surface area contributed by atoms with Gasteiger partial charge in [-0.3, -0.25) is 4.79 Å². The number of thiocyanates is 1. The van der Waals surface area contributed by atoms with Gasteiger partial charge in [-0.2, -0.15) is 5.26 Å². The molecule has 0 fully saturated rings. The van der Waals surface area contributed by atoms with Crippen molar-refractivity contribution in [3.8, 4) is 16.9 Å². The highest BCUT2D eigenvalue weighted by Gasteiger charge is 2.15. The van der Waals surface area contributed by atoms with E-state index in [9.17, 15) is 4.79 Å². The molecule has 0 aromatic heterocycles. The Morgan fingerprint density at radius 2 is 1.84 bits per heavy atom. The summed E-state index contributed by atoms with van der Waals surface area (Å²) in [5.41, 5.74) is 1.72. The molecule has 2 aromatic rings. The number of amides is 1. The minimum atomic E-state index is -0.203. The van der Waals surface area contributed by atoms with Crippen LogP contribution in [-0.2, 0) is 11.2 Å². The molecule has 1 N–H and O–H groups in total. The predicted octanol–water partition coefficient (Wildman–Crippen LogP) is 4.09. The fourth-order valence-electron chi connectivity index (χ4n) is 2.38. The number of carbonyl (C=O) groups is 1. The first kappa shape index (κ1) is 18.7. The quantitative estimate of drug-likeness (QED) is 0.597. The third kappa shape index (κ3) is 5.16. The average Bonchev–Trinajstić information content (AvgIpc) is 2.63. The third-order valence-corrected chi connectivity index (χ3v) is 4.32. The number of methoxy groups -OCH3 is 2. The maximum absolute atomic E-state index is 12.4. The van der Waals surface area contributed by atoms with E-state index in [-0.39, 0.29) is 11.8 Å². The molecule has 5 nitrogen and oxygen atoms in total. The number of ether oxygens (including phenoxy) is 2. The second-order valence-electron chi connectivity index (χ2n) is 5.50. The average molecular weight is 356 g/mol. The minimum Gasteiger partial charge on any atom is -0.493 e. The molecular weight excluding hydrogens is 336 g/mol. The first-order valence-corrected chi connectivity index (χ1v) is 8.56. The SMILES string of the molecule is COc1ccc(CC(C)C(=O)Nc2ccc(SC#N)cc2)cc1OC. The highest BCUT2D eigenvalue weighted by Crippen LogP contribution is 2.28. The van der Waals surface area contributed by atoms with Crippen molar-refractivity contribution in [1.82, 2.24) is 0 Å². The number of benzene rings is 2. The van der Waals surface area contributed by atoms with E-state index >= 15 is 0 Å². The van der Waals surface area contributed by atoms with Crippen molar-refractivity contribution in [2.45, 2.75) is 18.2 Å². The van der Waals surface area contributed by atoms with Gasteiger partial charge in [0, 0.05) is 16.5 Å². The molecule has 0 radical (unpaired) electrons. The molecule has 2 rings (SSSR count). The third-order valence-electron chi connectivity index (χ3n) is 3.72. The van der Waals surface area contributed by atoms with Crippen LogP contribution in [0.2, 0.25) is 0 Å². The molecule has 0 saturated heterocycles. The van der Waals surface area contributed by atoms with E-state index in [1.807, 2.05) is 42.7 Å². The lowest BCUT2D eigenvalue weighted by Crippen LogP contribution is -2.22. The molecule has 0 bridgehead atoms. The highest BCUT2D eigenvalue weighted by atomic mass is 32.2. The zero-order valence-electron chi connectivity index (χ0n) is 14.4. The zero-order valence-corrected chi connectivity index (χ0v) is 15.2. The van der Waals surface area contributed by atoms with E-state index in [0.717, 1.165) is 22.2 Å². The summed E-state index contributed by atoms with van der Waals surface area (Å²) in [4.78, 5) is 13.2. The number of rotatable bonds is 7. The van der Waals surface area contributed by atoms with Gasteiger partial charge in [-0.25, -0.2) is 0 Å². The first-order chi connectivity index (χ1) is 12.1.